The number of amides is 2. The van der Waals surface area contributed by atoms with E-state index in [2.05, 4.69) is 10.6 Å². The predicted octanol–water partition coefficient (Wildman–Crippen LogP) is 3.53. The highest BCUT2D eigenvalue weighted by molar-refractivity contribution is 6.11. The second-order valence-electron chi connectivity index (χ2n) is 7.17. The van der Waals surface area contributed by atoms with E-state index in [9.17, 15) is 19.5 Å². The number of carboxylic acids is 1. The van der Waals surface area contributed by atoms with Gasteiger partial charge in [0.15, 0.2) is 11.5 Å². The molecule has 0 saturated heterocycles. The molecule has 4 rings (SSSR count). The van der Waals surface area contributed by atoms with Gasteiger partial charge in [0.05, 0.1) is 18.2 Å². The summed E-state index contributed by atoms with van der Waals surface area (Å²) in [6.07, 6.45) is 1.48. The van der Waals surface area contributed by atoms with Crippen molar-refractivity contribution in [1.82, 2.24) is 5.32 Å². The van der Waals surface area contributed by atoms with Gasteiger partial charge in [-0.1, -0.05) is 24.3 Å². The minimum absolute atomic E-state index is 0.0113. The molecule has 3 aromatic carbocycles. The fourth-order valence-corrected chi connectivity index (χ4v) is 3.28. The lowest BCUT2D eigenvalue weighted by Crippen LogP contribution is -2.31. The van der Waals surface area contributed by atoms with Crippen molar-refractivity contribution in [2.75, 3.05) is 19.2 Å². The van der Waals surface area contributed by atoms with E-state index >= 15 is 0 Å². The van der Waals surface area contributed by atoms with E-state index in [1.807, 2.05) is 0 Å². The molecule has 0 bridgehead atoms. The van der Waals surface area contributed by atoms with Crippen LogP contribution in [0.1, 0.15) is 26.3 Å². The number of ether oxygens (including phenoxy) is 3. The van der Waals surface area contributed by atoms with Crippen LogP contribution in [-0.2, 0) is 4.79 Å². The van der Waals surface area contributed by atoms with E-state index in [4.69, 9.17) is 14.2 Å². The Kier molecular flexibility index (Phi) is 6.45. The topological polar surface area (TPSA) is 123 Å². The highest BCUT2D eigenvalue weighted by atomic mass is 16.7. The summed E-state index contributed by atoms with van der Waals surface area (Å²) >= 11 is 0. The minimum atomic E-state index is -1.13. The first-order valence-corrected chi connectivity index (χ1v) is 10.1. The number of hydrogen-bond acceptors (Lipinski definition) is 6. The van der Waals surface area contributed by atoms with Gasteiger partial charge in [0.25, 0.3) is 11.8 Å². The number of rotatable bonds is 7. The number of benzene rings is 3. The molecule has 172 valence electrons. The van der Waals surface area contributed by atoms with Crippen molar-refractivity contribution in [2.24, 2.45) is 0 Å². The number of fused-ring (bicyclic) bond motifs is 1. The van der Waals surface area contributed by atoms with Crippen molar-refractivity contribution in [2.45, 2.75) is 0 Å². The Hall–Kier alpha value is -4.79. The van der Waals surface area contributed by atoms with Gasteiger partial charge in [-0.3, -0.25) is 9.59 Å². The molecular weight excluding hydrogens is 440 g/mol. The molecule has 0 aliphatic carbocycles. The summed E-state index contributed by atoms with van der Waals surface area (Å²) in [5.41, 5.74) is 1.01. The number of aromatic carboxylic acids is 1. The monoisotopic (exact) mass is 460 g/mol. The third kappa shape index (κ3) is 4.99. The third-order valence-electron chi connectivity index (χ3n) is 4.92. The van der Waals surface area contributed by atoms with E-state index < -0.39 is 17.8 Å². The Morgan fingerprint density at radius 3 is 2.56 bits per heavy atom. The van der Waals surface area contributed by atoms with E-state index in [0.717, 1.165) is 0 Å². The Labute approximate surface area is 194 Å². The third-order valence-corrected chi connectivity index (χ3v) is 4.92. The molecule has 3 aromatic rings. The molecule has 34 heavy (non-hydrogen) atoms. The van der Waals surface area contributed by atoms with E-state index in [-0.39, 0.29) is 29.3 Å². The first-order chi connectivity index (χ1) is 16.4. The van der Waals surface area contributed by atoms with Gasteiger partial charge >= 0.3 is 5.97 Å². The number of carbonyl (C=O) groups excluding carboxylic acids is 2. The van der Waals surface area contributed by atoms with Crippen molar-refractivity contribution in [3.05, 3.63) is 89.1 Å². The minimum Gasteiger partial charge on any atom is -0.496 e. The number of methoxy groups -OCH3 is 1. The summed E-state index contributed by atoms with van der Waals surface area (Å²) in [4.78, 5) is 37.4. The Morgan fingerprint density at radius 2 is 1.76 bits per heavy atom. The molecule has 0 aromatic heterocycles. The smallest absolute Gasteiger partial charge is 0.335 e. The fraction of sp³-hybridized carbons (Fsp3) is 0.0800. The molecule has 3 N–H and O–H groups in total. The largest absolute Gasteiger partial charge is 0.496 e. The van der Waals surface area contributed by atoms with E-state index in [1.54, 1.807) is 48.5 Å². The summed E-state index contributed by atoms with van der Waals surface area (Å²) in [7, 11) is 1.44. The predicted molar refractivity (Wildman–Crippen MR) is 123 cm³/mol. The van der Waals surface area contributed by atoms with Crippen LogP contribution in [0.25, 0.3) is 6.08 Å². The Bertz CT molecular complexity index is 1300. The molecule has 0 radical (unpaired) electrons. The van der Waals surface area contributed by atoms with Crippen molar-refractivity contribution in [3.8, 4) is 17.2 Å². The Morgan fingerprint density at radius 1 is 0.971 bits per heavy atom. The lowest BCUT2D eigenvalue weighted by molar-refractivity contribution is -0.113. The number of nitrogens with one attached hydrogen (secondary N) is 2. The van der Waals surface area contributed by atoms with Crippen molar-refractivity contribution in [3.63, 3.8) is 0 Å². The molecule has 0 fully saturated rings. The molecule has 9 heteroatoms. The summed E-state index contributed by atoms with van der Waals surface area (Å²) in [6, 6.07) is 17.5. The second-order valence-corrected chi connectivity index (χ2v) is 7.17. The van der Waals surface area contributed by atoms with Crippen LogP contribution < -0.4 is 24.8 Å². The van der Waals surface area contributed by atoms with E-state index in [1.165, 1.54) is 31.4 Å². The highest BCUT2D eigenvalue weighted by Crippen LogP contribution is 2.33. The van der Waals surface area contributed by atoms with Crippen LogP contribution in [0.4, 0.5) is 5.69 Å². The summed E-state index contributed by atoms with van der Waals surface area (Å²) in [6.45, 7) is 0.0975. The molecule has 1 aliphatic heterocycles. The number of carbonyl (C=O) groups is 3. The maximum Gasteiger partial charge on any atom is 0.335 e. The average molecular weight is 460 g/mol. The highest BCUT2D eigenvalue weighted by Gasteiger charge is 2.19. The lowest BCUT2D eigenvalue weighted by atomic mass is 10.1. The van der Waals surface area contributed by atoms with E-state index in [0.29, 0.717) is 22.8 Å². The zero-order valence-electron chi connectivity index (χ0n) is 18.0. The summed E-state index contributed by atoms with van der Waals surface area (Å²) in [5, 5.41) is 14.4. The number of carboxylic acid groups (broad SMARTS) is 1. The van der Waals surface area contributed by atoms with Gasteiger partial charge in [0.2, 0.25) is 6.79 Å². The maximum atomic E-state index is 13.1. The van der Waals surface area contributed by atoms with Crippen LogP contribution in [0.2, 0.25) is 0 Å². The van der Waals surface area contributed by atoms with Gasteiger partial charge < -0.3 is 30.0 Å². The average Bonchev–Trinajstić information content (AvgIpc) is 3.31. The zero-order valence-corrected chi connectivity index (χ0v) is 18.0. The maximum absolute atomic E-state index is 13.1. The van der Waals surface area contributed by atoms with Gasteiger partial charge in [0, 0.05) is 5.69 Å². The molecule has 9 nitrogen and oxygen atoms in total. The van der Waals surface area contributed by atoms with Crippen molar-refractivity contribution < 1.29 is 33.7 Å². The normalized spacial score (nSPS) is 12.1. The van der Waals surface area contributed by atoms with Crippen LogP contribution in [0.3, 0.4) is 0 Å². The van der Waals surface area contributed by atoms with Crippen molar-refractivity contribution >= 4 is 29.5 Å². The number of para-hydroxylation sites is 1. The van der Waals surface area contributed by atoms with Gasteiger partial charge in [-0.2, -0.15) is 0 Å². The Balaban J connectivity index is 1.66. The molecule has 0 atom stereocenters. The van der Waals surface area contributed by atoms with Crippen LogP contribution in [-0.4, -0.2) is 36.8 Å². The molecule has 0 unspecified atom stereocenters. The number of hydrogen-bond donors (Lipinski definition) is 3. The lowest BCUT2D eigenvalue weighted by Gasteiger charge is -2.13. The quantitative estimate of drug-likeness (QED) is 0.461. The molecule has 1 aliphatic rings. The summed E-state index contributed by atoms with van der Waals surface area (Å²) in [5.74, 6) is -0.901. The number of anilines is 1. The molecule has 0 saturated carbocycles. The standard InChI is InChI=1S/C25H20N2O7/c1-32-20-8-3-2-7-18(20)23(28)27-19(11-15-9-10-21-22(12-15)34-14-33-21)24(29)26-17-6-4-5-16(13-17)25(30)31/h2-13H,14H2,1H3,(H,26,29)(H,27,28)(H,30,31). The van der Waals surface area contributed by atoms with Gasteiger partial charge in [0.1, 0.15) is 11.4 Å². The van der Waals surface area contributed by atoms with Gasteiger partial charge in [-0.25, -0.2) is 4.79 Å². The summed E-state index contributed by atoms with van der Waals surface area (Å²) < 4.78 is 15.9. The first kappa shape index (κ1) is 22.4. The van der Waals surface area contributed by atoms with Crippen LogP contribution in [0.5, 0.6) is 17.2 Å². The molecule has 0 spiro atoms. The van der Waals surface area contributed by atoms with Crippen LogP contribution in [0.15, 0.2) is 72.4 Å². The zero-order chi connectivity index (χ0) is 24.1. The van der Waals surface area contributed by atoms with Crippen LogP contribution in [0, 0.1) is 0 Å². The SMILES string of the molecule is COc1ccccc1C(=O)NC(=Cc1ccc2c(c1)OCO2)C(=O)Nc1cccc(C(=O)O)c1. The molecule has 2 amide bonds. The van der Waals surface area contributed by atoms with Crippen LogP contribution >= 0.6 is 0 Å². The second kappa shape index (κ2) is 9.78. The van der Waals surface area contributed by atoms with Gasteiger partial charge in [-0.15, -0.1) is 0 Å². The fourth-order valence-electron chi connectivity index (χ4n) is 3.28. The first-order valence-electron chi connectivity index (χ1n) is 10.1. The molecule has 1 heterocycles. The molecular formula is C25H20N2O7. The van der Waals surface area contributed by atoms with Gasteiger partial charge in [-0.05, 0) is 54.1 Å². The van der Waals surface area contributed by atoms with Crippen molar-refractivity contribution in [1.29, 1.82) is 0 Å².